The van der Waals surface area contributed by atoms with E-state index in [1.54, 1.807) is 12.1 Å². The van der Waals surface area contributed by atoms with Gasteiger partial charge in [0.1, 0.15) is 0 Å². The van der Waals surface area contributed by atoms with Gasteiger partial charge in [0, 0.05) is 16.3 Å². The summed E-state index contributed by atoms with van der Waals surface area (Å²) in [4.78, 5) is 13.1. The topological polar surface area (TPSA) is 75.3 Å². The van der Waals surface area contributed by atoms with Crippen molar-refractivity contribution in [3.8, 4) is 0 Å². The highest BCUT2D eigenvalue weighted by atomic mass is 32.2. The summed E-state index contributed by atoms with van der Waals surface area (Å²) in [6.45, 7) is 0. The van der Waals surface area contributed by atoms with Crippen LogP contribution in [0, 0.1) is 0 Å². The minimum Gasteiger partial charge on any atom is -0.322 e. The number of alkyl halides is 3. The maximum Gasteiger partial charge on any atom is 0.416 e. The van der Waals surface area contributed by atoms with E-state index in [1.165, 1.54) is 42.1 Å². The molecule has 0 aliphatic carbocycles. The van der Waals surface area contributed by atoms with E-state index in [0.717, 1.165) is 23.1 Å². The molecule has 162 valence electrons. The molecule has 1 amide bonds. The Kier molecular flexibility index (Phi) is 6.61. The van der Waals surface area contributed by atoms with Crippen molar-refractivity contribution in [1.29, 1.82) is 0 Å². The highest BCUT2D eigenvalue weighted by molar-refractivity contribution is 7.98. The molecule has 10 heteroatoms. The SMILES string of the molecule is CSc1ccccc1C(=O)Nc1ccc(S(=O)(=O)Nc2cccc(C(F)(F)F)c2)cc1. The Balaban J connectivity index is 1.75. The maximum absolute atomic E-state index is 12.8. The molecule has 0 unspecified atom stereocenters. The molecule has 0 fully saturated rings. The van der Waals surface area contributed by atoms with Crippen molar-refractivity contribution in [1.82, 2.24) is 0 Å². The molecular formula is C21H17F3N2O3S2. The molecule has 0 aliphatic heterocycles. The zero-order chi connectivity index (χ0) is 22.6. The standard InChI is InChI=1S/C21H17F3N2O3S2/c1-30-19-8-3-2-7-18(19)20(27)25-15-9-11-17(12-10-15)31(28,29)26-16-6-4-5-14(13-16)21(22,23)24/h2-13,26H,1H3,(H,25,27). The number of thioether (sulfide) groups is 1. The molecule has 3 rings (SSSR count). The van der Waals surface area contributed by atoms with Crippen molar-refractivity contribution in [2.75, 3.05) is 16.3 Å². The molecular weight excluding hydrogens is 449 g/mol. The van der Waals surface area contributed by atoms with Crippen LogP contribution in [0.25, 0.3) is 0 Å². The van der Waals surface area contributed by atoms with Crippen molar-refractivity contribution in [3.63, 3.8) is 0 Å². The van der Waals surface area contributed by atoms with Crippen LogP contribution in [0.4, 0.5) is 24.5 Å². The van der Waals surface area contributed by atoms with Gasteiger partial charge in [-0.3, -0.25) is 9.52 Å². The number of nitrogens with one attached hydrogen (secondary N) is 2. The van der Waals surface area contributed by atoms with E-state index in [-0.39, 0.29) is 16.5 Å². The molecule has 0 saturated heterocycles. The van der Waals surface area contributed by atoms with Gasteiger partial charge in [-0.15, -0.1) is 11.8 Å². The first-order valence-electron chi connectivity index (χ1n) is 8.85. The molecule has 0 bridgehead atoms. The molecule has 31 heavy (non-hydrogen) atoms. The number of sulfonamides is 1. The van der Waals surface area contributed by atoms with E-state index < -0.39 is 21.8 Å². The van der Waals surface area contributed by atoms with Gasteiger partial charge in [-0.25, -0.2) is 8.42 Å². The lowest BCUT2D eigenvalue weighted by molar-refractivity contribution is -0.137. The van der Waals surface area contributed by atoms with Crippen LogP contribution in [0.1, 0.15) is 15.9 Å². The first-order chi connectivity index (χ1) is 14.6. The van der Waals surface area contributed by atoms with Crippen LogP contribution < -0.4 is 10.0 Å². The number of benzene rings is 3. The Bertz CT molecular complexity index is 1190. The van der Waals surface area contributed by atoms with Crippen LogP contribution >= 0.6 is 11.8 Å². The first kappa shape index (κ1) is 22.7. The van der Waals surface area contributed by atoms with Gasteiger partial charge in [0.05, 0.1) is 16.0 Å². The summed E-state index contributed by atoms with van der Waals surface area (Å²) in [5, 5.41) is 2.69. The van der Waals surface area contributed by atoms with Crippen LogP contribution in [-0.4, -0.2) is 20.6 Å². The van der Waals surface area contributed by atoms with Crippen molar-refractivity contribution >= 4 is 39.1 Å². The van der Waals surface area contributed by atoms with Crippen LogP contribution in [0.15, 0.2) is 82.6 Å². The second-order valence-corrected chi connectivity index (χ2v) is 8.89. The quantitative estimate of drug-likeness (QED) is 0.472. The van der Waals surface area contributed by atoms with E-state index in [9.17, 15) is 26.4 Å². The summed E-state index contributed by atoms with van der Waals surface area (Å²) in [5.41, 5.74) is -0.311. The lowest BCUT2D eigenvalue weighted by Gasteiger charge is -2.12. The number of hydrogen-bond donors (Lipinski definition) is 2. The Hall–Kier alpha value is -2.98. The van der Waals surface area contributed by atoms with Gasteiger partial charge < -0.3 is 5.32 Å². The molecule has 0 heterocycles. The predicted octanol–water partition coefficient (Wildman–Crippen LogP) is 5.48. The lowest BCUT2D eigenvalue weighted by atomic mass is 10.2. The monoisotopic (exact) mass is 466 g/mol. The summed E-state index contributed by atoms with van der Waals surface area (Å²) in [6.07, 6.45) is -2.74. The number of amides is 1. The molecule has 0 radical (unpaired) electrons. The summed E-state index contributed by atoms with van der Waals surface area (Å²) < 4.78 is 65.7. The third kappa shape index (κ3) is 5.59. The maximum atomic E-state index is 12.8. The average molecular weight is 467 g/mol. The number of halogens is 3. The third-order valence-corrected chi connectivity index (χ3v) is 6.41. The Morgan fingerprint density at radius 1 is 0.903 bits per heavy atom. The average Bonchev–Trinajstić information content (AvgIpc) is 2.73. The van der Waals surface area contributed by atoms with Crippen LogP contribution in [0.3, 0.4) is 0 Å². The van der Waals surface area contributed by atoms with E-state index in [4.69, 9.17) is 0 Å². The second-order valence-electron chi connectivity index (χ2n) is 6.36. The molecule has 0 aromatic heterocycles. The smallest absolute Gasteiger partial charge is 0.322 e. The number of rotatable bonds is 6. The van der Waals surface area contributed by atoms with Gasteiger partial charge >= 0.3 is 6.18 Å². The zero-order valence-electron chi connectivity index (χ0n) is 16.1. The van der Waals surface area contributed by atoms with E-state index in [0.29, 0.717) is 11.3 Å². The summed E-state index contributed by atoms with van der Waals surface area (Å²) in [7, 11) is -4.12. The number of anilines is 2. The fourth-order valence-corrected chi connectivity index (χ4v) is 4.37. The van der Waals surface area contributed by atoms with Crippen molar-refractivity contribution in [3.05, 3.63) is 83.9 Å². The Morgan fingerprint density at radius 3 is 2.23 bits per heavy atom. The minimum atomic E-state index is -4.59. The molecule has 3 aromatic rings. The molecule has 0 aliphatic rings. The molecule has 0 saturated carbocycles. The van der Waals surface area contributed by atoms with Crippen molar-refractivity contribution < 1.29 is 26.4 Å². The normalized spacial score (nSPS) is 11.7. The molecule has 3 aromatic carbocycles. The minimum absolute atomic E-state index is 0.160. The van der Waals surface area contributed by atoms with Crippen LogP contribution in [0.5, 0.6) is 0 Å². The second kappa shape index (κ2) is 9.03. The van der Waals surface area contributed by atoms with Crippen LogP contribution in [0.2, 0.25) is 0 Å². The number of carbonyl (C=O) groups excluding carboxylic acids is 1. The van der Waals surface area contributed by atoms with Gasteiger partial charge in [0.15, 0.2) is 0 Å². The van der Waals surface area contributed by atoms with E-state index in [1.807, 2.05) is 18.4 Å². The molecule has 0 spiro atoms. The summed E-state index contributed by atoms with van der Waals surface area (Å²) >= 11 is 1.42. The van der Waals surface area contributed by atoms with Crippen molar-refractivity contribution in [2.24, 2.45) is 0 Å². The third-order valence-electron chi connectivity index (χ3n) is 4.22. The first-order valence-corrected chi connectivity index (χ1v) is 11.6. The van der Waals surface area contributed by atoms with Gasteiger partial charge in [-0.2, -0.15) is 13.2 Å². The van der Waals surface area contributed by atoms with Gasteiger partial charge in [-0.05, 0) is 60.9 Å². The highest BCUT2D eigenvalue weighted by Gasteiger charge is 2.30. The fourth-order valence-electron chi connectivity index (χ4n) is 2.72. The van der Waals surface area contributed by atoms with Gasteiger partial charge in [0.25, 0.3) is 15.9 Å². The summed E-state index contributed by atoms with van der Waals surface area (Å²) in [5.74, 6) is -0.345. The molecule has 0 atom stereocenters. The number of carbonyl (C=O) groups is 1. The van der Waals surface area contributed by atoms with E-state index in [2.05, 4.69) is 10.0 Å². The predicted molar refractivity (Wildman–Crippen MR) is 115 cm³/mol. The highest BCUT2D eigenvalue weighted by Crippen LogP contribution is 2.31. The Labute approximate surface area is 181 Å². The number of hydrogen-bond acceptors (Lipinski definition) is 4. The zero-order valence-corrected chi connectivity index (χ0v) is 17.7. The largest absolute Gasteiger partial charge is 0.416 e. The molecule has 2 N–H and O–H groups in total. The summed E-state index contributed by atoms with van der Waals surface area (Å²) in [6, 6.07) is 16.3. The fraction of sp³-hybridized carbons (Fsp3) is 0.0952. The van der Waals surface area contributed by atoms with Gasteiger partial charge in [0.2, 0.25) is 0 Å². The van der Waals surface area contributed by atoms with Gasteiger partial charge in [-0.1, -0.05) is 18.2 Å². The van der Waals surface area contributed by atoms with Crippen LogP contribution in [-0.2, 0) is 16.2 Å². The Morgan fingerprint density at radius 2 is 1.58 bits per heavy atom. The van der Waals surface area contributed by atoms with E-state index >= 15 is 0 Å². The van der Waals surface area contributed by atoms with Crippen molar-refractivity contribution in [2.45, 2.75) is 16.0 Å². The lowest BCUT2D eigenvalue weighted by Crippen LogP contribution is -2.15. The molecule has 5 nitrogen and oxygen atoms in total.